The molecular formula is C18H27N3. The van der Waals surface area contributed by atoms with E-state index in [0.29, 0.717) is 0 Å². The Bertz CT molecular complexity index is 493. The lowest BCUT2D eigenvalue weighted by molar-refractivity contribution is 0.175. The number of anilines is 2. The van der Waals surface area contributed by atoms with Crippen molar-refractivity contribution in [2.45, 2.75) is 44.6 Å². The predicted molar refractivity (Wildman–Crippen MR) is 89.3 cm³/mol. The lowest BCUT2D eigenvalue weighted by Gasteiger charge is -2.33. The Kier molecular flexibility index (Phi) is 3.76. The van der Waals surface area contributed by atoms with Crippen LogP contribution in [-0.4, -0.2) is 43.7 Å². The second kappa shape index (κ2) is 5.88. The van der Waals surface area contributed by atoms with Crippen molar-refractivity contribution in [2.24, 2.45) is 0 Å². The number of nitrogens with one attached hydrogen (secondary N) is 1. The largest absolute Gasteiger partial charge is 0.385 e. The summed E-state index contributed by atoms with van der Waals surface area (Å²) in [5, 5.41) is 3.56. The highest BCUT2D eigenvalue weighted by molar-refractivity contribution is 5.68. The van der Waals surface area contributed by atoms with Crippen LogP contribution >= 0.6 is 0 Å². The highest BCUT2D eigenvalue weighted by atomic mass is 15.3. The van der Waals surface area contributed by atoms with Gasteiger partial charge in [0.2, 0.25) is 0 Å². The third-order valence-corrected chi connectivity index (χ3v) is 5.48. The molecule has 1 atom stereocenters. The summed E-state index contributed by atoms with van der Waals surface area (Å²) in [5.41, 5.74) is 4.43. The van der Waals surface area contributed by atoms with Crippen LogP contribution < -0.4 is 10.2 Å². The number of hydrogen-bond donors (Lipinski definition) is 1. The van der Waals surface area contributed by atoms with E-state index >= 15 is 0 Å². The molecule has 21 heavy (non-hydrogen) atoms. The molecule has 0 aromatic heterocycles. The fourth-order valence-corrected chi connectivity index (χ4v) is 4.33. The van der Waals surface area contributed by atoms with Crippen molar-refractivity contribution in [3.63, 3.8) is 0 Å². The highest BCUT2D eigenvalue weighted by Crippen LogP contribution is 2.34. The smallest absolute Gasteiger partial charge is 0.0420 e. The Balaban J connectivity index is 1.50. The average molecular weight is 285 g/mol. The molecule has 3 aliphatic heterocycles. The van der Waals surface area contributed by atoms with Gasteiger partial charge in [-0.2, -0.15) is 0 Å². The van der Waals surface area contributed by atoms with Crippen LogP contribution in [0, 0.1) is 0 Å². The summed E-state index contributed by atoms with van der Waals surface area (Å²) in [5.74, 6) is 0. The SMILES string of the molecule is c1cc2c(c(N3CCC(N4CCCCC4)C3)c1)CCCN2. The molecule has 3 nitrogen and oxygen atoms in total. The summed E-state index contributed by atoms with van der Waals surface area (Å²) in [4.78, 5) is 5.39. The third-order valence-electron chi connectivity index (χ3n) is 5.48. The maximum Gasteiger partial charge on any atom is 0.0420 e. The van der Waals surface area contributed by atoms with Gasteiger partial charge in [0.25, 0.3) is 0 Å². The topological polar surface area (TPSA) is 18.5 Å². The maximum atomic E-state index is 3.56. The second-order valence-corrected chi connectivity index (χ2v) is 6.82. The van der Waals surface area contributed by atoms with Gasteiger partial charge in [0, 0.05) is 37.1 Å². The van der Waals surface area contributed by atoms with Gasteiger partial charge in [-0.25, -0.2) is 0 Å². The minimum absolute atomic E-state index is 0.790. The average Bonchev–Trinajstić information content (AvgIpc) is 3.05. The van der Waals surface area contributed by atoms with Crippen molar-refractivity contribution in [3.8, 4) is 0 Å². The van der Waals surface area contributed by atoms with Crippen LogP contribution in [0.1, 0.15) is 37.7 Å². The summed E-state index contributed by atoms with van der Waals surface area (Å²) < 4.78 is 0. The molecule has 2 saturated heterocycles. The first kappa shape index (κ1) is 13.4. The van der Waals surface area contributed by atoms with Crippen LogP contribution in [0.4, 0.5) is 11.4 Å². The zero-order chi connectivity index (χ0) is 14.1. The van der Waals surface area contributed by atoms with Crippen molar-refractivity contribution in [1.82, 2.24) is 4.90 Å². The van der Waals surface area contributed by atoms with Crippen molar-refractivity contribution in [2.75, 3.05) is 42.9 Å². The quantitative estimate of drug-likeness (QED) is 0.901. The van der Waals surface area contributed by atoms with E-state index in [4.69, 9.17) is 0 Å². The zero-order valence-electron chi connectivity index (χ0n) is 13.0. The highest BCUT2D eigenvalue weighted by Gasteiger charge is 2.30. The van der Waals surface area contributed by atoms with Crippen molar-refractivity contribution in [3.05, 3.63) is 23.8 Å². The number of rotatable bonds is 2. The number of likely N-dealkylation sites (tertiary alicyclic amines) is 1. The molecule has 1 aromatic carbocycles. The molecule has 1 aromatic rings. The van der Waals surface area contributed by atoms with E-state index in [2.05, 4.69) is 33.3 Å². The van der Waals surface area contributed by atoms with Gasteiger partial charge in [-0.05, 0) is 62.9 Å². The lowest BCUT2D eigenvalue weighted by Crippen LogP contribution is -2.41. The first-order valence-corrected chi connectivity index (χ1v) is 8.76. The summed E-state index contributed by atoms with van der Waals surface area (Å²) in [6, 6.07) is 7.60. The predicted octanol–water partition coefficient (Wildman–Crippen LogP) is 3.11. The fraction of sp³-hybridized carbons (Fsp3) is 0.667. The van der Waals surface area contributed by atoms with Gasteiger partial charge in [0.05, 0.1) is 0 Å². The summed E-state index contributed by atoms with van der Waals surface area (Å²) in [7, 11) is 0. The lowest BCUT2D eigenvalue weighted by atomic mass is 10.0. The molecule has 0 radical (unpaired) electrons. The van der Waals surface area contributed by atoms with Crippen LogP contribution in [0.25, 0.3) is 0 Å². The van der Waals surface area contributed by atoms with Crippen molar-refractivity contribution >= 4 is 11.4 Å². The number of piperidine rings is 1. The van der Waals surface area contributed by atoms with Crippen molar-refractivity contribution < 1.29 is 0 Å². The summed E-state index contributed by atoms with van der Waals surface area (Å²) in [6.45, 7) is 6.25. The Morgan fingerprint density at radius 1 is 1.00 bits per heavy atom. The third kappa shape index (κ3) is 2.64. The molecule has 3 heterocycles. The van der Waals surface area contributed by atoms with Gasteiger partial charge in [-0.15, -0.1) is 0 Å². The Morgan fingerprint density at radius 2 is 1.90 bits per heavy atom. The van der Waals surface area contributed by atoms with Crippen LogP contribution in [0.15, 0.2) is 18.2 Å². The fourth-order valence-electron chi connectivity index (χ4n) is 4.33. The van der Waals surface area contributed by atoms with E-state index < -0.39 is 0 Å². The van der Waals surface area contributed by atoms with Crippen molar-refractivity contribution in [1.29, 1.82) is 0 Å². The van der Waals surface area contributed by atoms with E-state index in [0.717, 1.165) is 12.6 Å². The number of fused-ring (bicyclic) bond motifs is 1. The first-order valence-electron chi connectivity index (χ1n) is 8.76. The minimum Gasteiger partial charge on any atom is -0.385 e. The molecule has 0 spiro atoms. The minimum atomic E-state index is 0.790. The van der Waals surface area contributed by atoms with E-state index in [1.165, 1.54) is 76.1 Å². The van der Waals surface area contributed by atoms with Gasteiger partial charge in [0.1, 0.15) is 0 Å². The molecule has 3 heteroatoms. The number of hydrogen-bond acceptors (Lipinski definition) is 3. The maximum absolute atomic E-state index is 3.56. The van der Waals surface area contributed by atoms with Gasteiger partial charge in [-0.1, -0.05) is 12.5 Å². The van der Waals surface area contributed by atoms with Gasteiger partial charge < -0.3 is 10.2 Å². The molecule has 2 fully saturated rings. The van der Waals surface area contributed by atoms with E-state index in [-0.39, 0.29) is 0 Å². The Morgan fingerprint density at radius 3 is 2.81 bits per heavy atom. The van der Waals surface area contributed by atoms with E-state index in [9.17, 15) is 0 Å². The number of benzene rings is 1. The molecule has 0 aliphatic carbocycles. The summed E-state index contributed by atoms with van der Waals surface area (Å²) >= 11 is 0. The van der Waals surface area contributed by atoms with Gasteiger partial charge >= 0.3 is 0 Å². The molecule has 3 aliphatic rings. The zero-order valence-corrected chi connectivity index (χ0v) is 13.0. The van der Waals surface area contributed by atoms with Crippen LogP contribution in [0.2, 0.25) is 0 Å². The molecule has 0 amide bonds. The van der Waals surface area contributed by atoms with Gasteiger partial charge in [-0.3, -0.25) is 4.90 Å². The first-order chi connectivity index (χ1) is 10.4. The standard InChI is InChI=1S/C18H27N3/c1-2-11-20(12-3-1)15-9-13-21(14-15)18-8-4-7-17-16(18)6-5-10-19-17/h4,7-8,15,19H,1-3,5-6,9-14H2. The van der Waals surface area contributed by atoms with Crippen LogP contribution in [0.3, 0.4) is 0 Å². The molecule has 0 bridgehead atoms. The normalized spacial score (nSPS) is 26.5. The summed E-state index contributed by atoms with van der Waals surface area (Å²) in [6.07, 6.45) is 8.10. The molecule has 114 valence electrons. The van der Waals surface area contributed by atoms with E-state index in [1.54, 1.807) is 5.56 Å². The monoisotopic (exact) mass is 285 g/mol. The Labute approximate surface area is 128 Å². The van der Waals surface area contributed by atoms with Gasteiger partial charge in [0.15, 0.2) is 0 Å². The Hall–Kier alpha value is -1.22. The van der Waals surface area contributed by atoms with E-state index in [1.807, 2.05) is 0 Å². The van der Waals surface area contributed by atoms with Crippen LogP contribution in [0.5, 0.6) is 0 Å². The molecular weight excluding hydrogens is 258 g/mol. The molecule has 0 saturated carbocycles. The second-order valence-electron chi connectivity index (χ2n) is 6.82. The molecule has 1 N–H and O–H groups in total. The molecule has 1 unspecified atom stereocenters. The molecule has 4 rings (SSSR count). The number of nitrogens with zero attached hydrogens (tertiary/aromatic N) is 2. The van der Waals surface area contributed by atoms with Crippen LogP contribution in [-0.2, 0) is 6.42 Å².